The minimum Gasteiger partial charge on any atom is -0.428 e. The van der Waals surface area contributed by atoms with Crippen LogP contribution in [0.25, 0.3) is 0 Å². The van der Waals surface area contributed by atoms with E-state index in [0.29, 0.717) is 10.5 Å². The highest BCUT2D eigenvalue weighted by atomic mass is 32.2. The van der Waals surface area contributed by atoms with Gasteiger partial charge in [-0.3, -0.25) is 4.79 Å². The Morgan fingerprint density at radius 2 is 2.00 bits per heavy atom. The normalized spacial score (nSPS) is 24.0. The number of hydrogen-bond donors (Lipinski definition) is 0. The van der Waals surface area contributed by atoms with Crippen molar-refractivity contribution in [3.05, 3.63) is 0 Å². The van der Waals surface area contributed by atoms with E-state index in [1.54, 1.807) is 5.55 Å². The van der Waals surface area contributed by atoms with Crippen molar-refractivity contribution in [3.8, 4) is 0 Å². The average molecular weight is 186 g/mol. The van der Waals surface area contributed by atoms with Crippen LogP contribution in [-0.4, -0.2) is 23.0 Å². The summed E-state index contributed by atoms with van der Waals surface area (Å²) < 4.78 is 5.10. The predicted molar refractivity (Wildman–Crippen MR) is 51.4 cm³/mol. The second-order valence-corrected chi connectivity index (χ2v) is 5.54. The number of ether oxygens (including phenoxy) is 1. The van der Waals surface area contributed by atoms with Crippen molar-refractivity contribution in [2.45, 2.75) is 25.7 Å². The van der Waals surface area contributed by atoms with E-state index in [0.717, 1.165) is 12.8 Å². The molecule has 12 heavy (non-hydrogen) atoms. The van der Waals surface area contributed by atoms with Crippen molar-refractivity contribution < 1.29 is 9.53 Å². The van der Waals surface area contributed by atoms with Gasteiger partial charge in [0.05, 0.1) is 5.92 Å². The van der Waals surface area contributed by atoms with Crippen LogP contribution >= 0.6 is 10.5 Å². The largest absolute Gasteiger partial charge is 0.428 e. The first-order chi connectivity index (χ1) is 5.86. The van der Waals surface area contributed by atoms with E-state index in [9.17, 15) is 4.79 Å². The van der Waals surface area contributed by atoms with Crippen molar-refractivity contribution in [1.82, 2.24) is 0 Å². The molecular formula is C9H14O2S. The van der Waals surface area contributed by atoms with Crippen LogP contribution in [-0.2, 0) is 9.53 Å². The predicted octanol–water partition coefficient (Wildman–Crippen LogP) is 1.76. The number of hydrogen-bond acceptors (Lipinski definition) is 2. The summed E-state index contributed by atoms with van der Waals surface area (Å²) in [5.41, 5.74) is 1.80. The lowest BCUT2D eigenvalue weighted by molar-refractivity contribution is -0.136. The molecule has 0 aromatic heterocycles. The van der Waals surface area contributed by atoms with Gasteiger partial charge in [-0.15, -0.1) is 0 Å². The molecule has 68 valence electrons. The van der Waals surface area contributed by atoms with Gasteiger partial charge < -0.3 is 4.74 Å². The molecule has 0 atom stereocenters. The van der Waals surface area contributed by atoms with Crippen molar-refractivity contribution in [3.63, 3.8) is 0 Å². The van der Waals surface area contributed by atoms with Crippen LogP contribution in [0.15, 0.2) is 0 Å². The van der Waals surface area contributed by atoms with Crippen LogP contribution in [0.2, 0.25) is 0 Å². The molecule has 3 heteroatoms. The molecule has 0 amide bonds. The number of carbonyl (C=O) groups excluding carboxylic acids is 1. The van der Waals surface area contributed by atoms with Gasteiger partial charge in [0.2, 0.25) is 0 Å². The fourth-order valence-corrected chi connectivity index (χ4v) is 3.08. The summed E-state index contributed by atoms with van der Waals surface area (Å²) in [6.07, 6.45) is 4.70. The Morgan fingerprint density at radius 3 is 2.58 bits per heavy atom. The zero-order valence-electron chi connectivity index (χ0n) is 7.12. The van der Waals surface area contributed by atoms with E-state index in [2.05, 4.69) is 0 Å². The monoisotopic (exact) mass is 186 g/mol. The lowest BCUT2D eigenvalue weighted by atomic mass is 10.4. The van der Waals surface area contributed by atoms with E-state index in [4.69, 9.17) is 4.74 Å². The first-order valence-corrected chi connectivity index (χ1v) is 6.19. The second kappa shape index (κ2) is 3.60. The van der Waals surface area contributed by atoms with Gasteiger partial charge in [0.1, 0.15) is 5.55 Å². The Bertz CT molecular complexity index is 211. The van der Waals surface area contributed by atoms with Gasteiger partial charge in [0.15, 0.2) is 0 Å². The molecule has 2 rings (SSSR count). The SMILES string of the molecule is O=C(OC=S1CCCC1)C1CC1. The van der Waals surface area contributed by atoms with Crippen molar-refractivity contribution >= 4 is 22.0 Å². The summed E-state index contributed by atoms with van der Waals surface area (Å²) in [7, 11) is 0.295. The lowest BCUT2D eigenvalue weighted by Crippen LogP contribution is -2.04. The Hall–Kier alpha value is -0.310. The molecule has 1 aliphatic heterocycles. The molecule has 1 aliphatic carbocycles. The molecule has 1 saturated heterocycles. The Morgan fingerprint density at radius 1 is 1.33 bits per heavy atom. The van der Waals surface area contributed by atoms with Gasteiger partial charge in [0, 0.05) is 0 Å². The number of carbonyl (C=O) groups is 1. The highest BCUT2D eigenvalue weighted by Crippen LogP contribution is 2.30. The molecular weight excluding hydrogens is 172 g/mol. The molecule has 0 unspecified atom stereocenters. The molecule has 2 fully saturated rings. The zero-order chi connectivity index (χ0) is 8.39. The summed E-state index contributed by atoms with van der Waals surface area (Å²) >= 11 is 0. The Labute approximate surface area is 75.2 Å². The van der Waals surface area contributed by atoms with Crippen LogP contribution in [0.3, 0.4) is 0 Å². The first-order valence-electron chi connectivity index (χ1n) is 4.56. The molecule has 0 aromatic carbocycles. The van der Waals surface area contributed by atoms with Gasteiger partial charge in [-0.1, -0.05) is 0 Å². The highest BCUT2D eigenvalue weighted by molar-refractivity contribution is 8.15. The van der Waals surface area contributed by atoms with E-state index >= 15 is 0 Å². The molecule has 1 heterocycles. The van der Waals surface area contributed by atoms with E-state index in [-0.39, 0.29) is 11.9 Å². The van der Waals surface area contributed by atoms with Crippen LogP contribution < -0.4 is 0 Å². The average Bonchev–Trinajstić information content (AvgIpc) is 2.80. The third-order valence-corrected chi connectivity index (χ3v) is 4.27. The standard InChI is InChI=1S/C9H14O2S/c10-9(8-3-4-8)11-7-12-5-1-2-6-12/h7-8H,1-6H2. The van der Waals surface area contributed by atoms with Gasteiger partial charge in [-0.2, -0.15) is 10.5 Å². The molecule has 0 spiro atoms. The number of esters is 1. The van der Waals surface area contributed by atoms with Crippen LogP contribution in [0.4, 0.5) is 0 Å². The van der Waals surface area contributed by atoms with Gasteiger partial charge in [0.25, 0.3) is 0 Å². The smallest absolute Gasteiger partial charge is 0.314 e. The van der Waals surface area contributed by atoms with Gasteiger partial charge in [-0.25, -0.2) is 0 Å². The molecule has 0 aromatic rings. The second-order valence-electron chi connectivity index (χ2n) is 3.46. The molecule has 1 saturated carbocycles. The summed E-state index contributed by atoms with van der Waals surface area (Å²) in [5, 5.41) is 0. The first kappa shape index (κ1) is 8.30. The zero-order valence-corrected chi connectivity index (χ0v) is 7.94. The summed E-state index contributed by atoms with van der Waals surface area (Å²) in [4.78, 5) is 11.1. The maximum atomic E-state index is 11.1. The molecule has 2 nitrogen and oxygen atoms in total. The topological polar surface area (TPSA) is 26.3 Å². The minimum absolute atomic E-state index is 0.00870. The van der Waals surface area contributed by atoms with E-state index in [1.165, 1.54) is 24.3 Å². The third kappa shape index (κ3) is 2.09. The molecule has 0 N–H and O–H groups in total. The summed E-state index contributed by atoms with van der Waals surface area (Å²) in [6, 6.07) is 0. The van der Waals surface area contributed by atoms with Crippen molar-refractivity contribution in [2.75, 3.05) is 11.5 Å². The van der Waals surface area contributed by atoms with Crippen molar-refractivity contribution in [2.24, 2.45) is 5.92 Å². The van der Waals surface area contributed by atoms with E-state index in [1.807, 2.05) is 0 Å². The maximum Gasteiger partial charge on any atom is 0.314 e. The van der Waals surface area contributed by atoms with Gasteiger partial charge in [-0.05, 0) is 37.2 Å². The Balaban J connectivity index is 1.78. The molecule has 2 aliphatic rings. The fraction of sp³-hybridized carbons (Fsp3) is 0.778. The quantitative estimate of drug-likeness (QED) is 0.485. The number of rotatable bonds is 2. The molecule has 0 radical (unpaired) electrons. The summed E-state index contributed by atoms with van der Waals surface area (Å²) in [6.45, 7) is 0. The third-order valence-electron chi connectivity index (χ3n) is 2.27. The van der Waals surface area contributed by atoms with E-state index < -0.39 is 0 Å². The maximum absolute atomic E-state index is 11.1. The van der Waals surface area contributed by atoms with Crippen LogP contribution in [0.5, 0.6) is 0 Å². The summed E-state index contributed by atoms with van der Waals surface area (Å²) in [5.74, 6) is 2.72. The van der Waals surface area contributed by atoms with Crippen LogP contribution in [0, 0.1) is 5.92 Å². The highest BCUT2D eigenvalue weighted by Gasteiger charge is 2.30. The molecule has 0 bridgehead atoms. The Kier molecular flexibility index (Phi) is 2.49. The fourth-order valence-electron chi connectivity index (χ4n) is 1.30. The lowest BCUT2D eigenvalue weighted by Gasteiger charge is -1.98. The van der Waals surface area contributed by atoms with Gasteiger partial charge >= 0.3 is 5.97 Å². The minimum atomic E-state index is 0.00870. The van der Waals surface area contributed by atoms with Crippen molar-refractivity contribution in [1.29, 1.82) is 0 Å². The van der Waals surface area contributed by atoms with Crippen LogP contribution in [0.1, 0.15) is 25.7 Å².